The maximum absolute atomic E-state index is 13.2. The Labute approximate surface area is 233 Å². The summed E-state index contributed by atoms with van der Waals surface area (Å²) in [6, 6.07) is 18.6. The van der Waals surface area contributed by atoms with Crippen molar-refractivity contribution in [1.82, 2.24) is 0 Å². The molecule has 0 fully saturated rings. The Morgan fingerprint density at radius 2 is 1.57 bits per heavy atom. The van der Waals surface area contributed by atoms with E-state index in [1.54, 1.807) is 0 Å². The molecule has 0 bridgehead atoms. The number of carbonyl (C=O) groups is 1. The predicted molar refractivity (Wildman–Crippen MR) is 154 cm³/mol. The molecule has 40 heavy (non-hydrogen) atoms. The van der Waals surface area contributed by atoms with E-state index < -0.39 is 11.7 Å². The van der Waals surface area contributed by atoms with E-state index in [4.69, 9.17) is 0 Å². The molecule has 1 aliphatic heterocycles. The molecular formula is C31H34F3N5O. The fourth-order valence-corrected chi connectivity index (χ4v) is 4.76. The largest absolute Gasteiger partial charge is 0.416 e. The Hall–Kier alpha value is -4.01. The number of nitrogens with zero attached hydrogens (tertiary/aromatic N) is 4. The van der Waals surface area contributed by atoms with Gasteiger partial charge in [-0.3, -0.25) is 4.79 Å². The van der Waals surface area contributed by atoms with Crippen molar-refractivity contribution in [2.75, 3.05) is 29.9 Å². The molecule has 0 unspecified atom stereocenters. The summed E-state index contributed by atoms with van der Waals surface area (Å²) >= 11 is 0. The molecule has 0 aromatic heterocycles. The lowest BCUT2D eigenvalue weighted by molar-refractivity contribution is -0.137. The Morgan fingerprint density at radius 1 is 0.925 bits per heavy atom. The van der Waals surface area contributed by atoms with Gasteiger partial charge in [0.2, 0.25) is 5.91 Å². The monoisotopic (exact) mass is 549 g/mol. The van der Waals surface area contributed by atoms with Gasteiger partial charge in [0.05, 0.1) is 29.1 Å². The normalized spacial score (nSPS) is 13.2. The number of hydrogen-bond donors (Lipinski definition) is 1. The minimum absolute atomic E-state index is 0.0490. The number of hydrogen-bond acceptors (Lipinski definition) is 5. The third kappa shape index (κ3) is 7.34. The van der Waals surface area contributed by atoms with E-state index in [2.05, 4.69) is 53.4 Å². The number of rotatable bonds is 10. The molecule has 9 heteroatoms. The van der Waals surface area contributed by atoms with Gasteiger partial charge in [-0.15, -0.1) is 5.10 Å². The van der Waals surface area contributed by atoms with Gasteiger partial charge in [-0.25, -0.2) is 0 Å². The molecule has 0 saturated heterocycles. The summed E-state index contributed by atoms with van der Waals surface area (Å²) in [6.45, 7) is 10.6. The summed E-state index contributed by atoms with van der Waals surface area (Å²) < 4.78 is 38.9. The lowest BCUT2D eigenvalue weighted by Gasteiger charge is -2.31. The fraction of sp³-hybridized carbons (Fsp3) is 0.355. The predicted octanol–water partition coefficient (Wildman–Crippen LogP) is 7.84. The van der Waals surface area contributed by atoms with Crippen LogP contribution in [0.3, 0.4) is 0 Å². The van der Waals surface area contributed by atoms with Crippen LogP contribution in [0.4, 0.5) is 24.5 Å². The second-order valence-electron chi connectivity index (χ2n) is 10.8. The average molecular weight is 550 g/mol. The SMILES string of the molecule is CC(C)CN(CC(C)C)c1ccc(-c2ccccc2C2=NN=NC2)cc1NC(=O)Cc1ccc(C(F)(F)F)cc1. The molecule has 0 radical (unpaired) electrons. The maximum Gasteiger partial charge on any atom is 0.416 e. The zero-order chi connectivity index (χ0) is 28.9. The summed E-state index contributed by atoms with van der Waals surface area (Å²) in [7, 11) is 0. The first-order valence-electron chi connectivity index (χ1n) is 13.4. The molecular weight excluding hydrogens is 515 g/mol. The lowest BCUT2D eigenvalue weighted by Crippen LogP contribution is -2.32. The smallest absolute Gasteiger partial charge is 0.369 e. The average Bonchev–Trinajstić information content (AvgIpc) is 3.42. The van der Waals surface area contributed by atoms with Crippen LogP contribution in [-0.2, 0) is 17.4 Å². The van der Waals surface area contributed by atoms with Crippen molar-refractivity contribution in [2.45, 2.75) is 40.3 Å². The van der Waals surface area contributed by atoms with Crippen molar-refractivity contribution in [3.8, 4) is 11.1 Å². The van der Waals surface area contributed by atoms with Gasteiger partial charge < -0.3 is 10.2 Å². The second-order valence-corrected chi connectivity index (χ2v) is 10.8. The third-order valence-corrected chi connectivity index (χ3v) is 6.43. The highest BCUT2D eigenvalue weighted by Gasteiger charge is 2.30. The lowest BCUT2D eigenvalue weighted by atomic mass is 9.95. The number of benzene rings is 3. The summed E-state index contributed by atoms with van der Waals surface area (Å²) in [6.07, 6.45) is -4.47. The van der Waals surface area contributed by atoms with Crippen LogP contribution in [0, 0.1) is 11.8 Å². The van der Waals surface area contributed by atoms with Crippen molar-refractivity contribution in [2.24, 2.45) is 27.3 Å². The van der Waals surface area contributed by atoms with Crippen molar-refractivity contribution < 1.29 is 18.0 Å². The van der Waals surface area contributed by atoms with Gasteiger partial charge in [0.1, 0.15) is 6.54 Å². The molecule has 0 aliphatic carbocycles. The van der Waals surface area contributed by atoms with Crippen LogP contribution >= 0.6 is 0 Å². The number of alkyl halides is 3. The first kappa shape index (κ1) is 29.0. The summed E-state index contributed by atoms with van der Waals surface area (Å²) in [4.78, 5) is 15.5. The highest BCUT2D eigenvalue weighted by Crippen LogP contribution is 2.35. The molecule has 0 spiro atoms. The number of nitrogens with one attached hydrogen (secondary N) is 1. The van der Waals surface area contributed by atoms with Crippen LogP contribution in [0.15, 0.2) is 82.2 Å². The molecule has 0 saturated carbocycles. The minimum atomic E-state index is -4.42. The van der Waals surface area contributed by atoms with Gasteiger partial charge in [-0.1, -0.05) is 70.2 Å². The highest BCUT2D eigenvalue weighted by atomic mass is 19.4. The first-order valence-corrected chi connectivity index (χ1v) is 13.4. The van der Waals surface area contributed by atoms with Crippen LogP contribution in [0.25, 0.3) is 11.1 Å². The van der Waals surface area contributed by atoms with E-state index in [1.807, 2.05) is 42.5 Å². The third-order valence-electron chi connectivity index (χ3n) is 6.43. The van der Waals surface area contributed by atoms with E-state index in [1.165, 1.54) is 12.1 Å². The summed E-state index contributed by atoms with van der Waals surface area (Å²) in [5, 5.41) is 15.0. The molecule has 3 aromatic carbocycles. The molecule has 1 heterocycles. The van der Waals surface area contributed by atoms with Gasteiger partial charge in [-0.2, -0.15) is 18.3 Å². The number of halogens is 3. The molecule has 4 rings (SSSR count). The van der Waals surface area contributed by atoms with Gasteiger partial charge in [0, 0.05) is 18.7 Å². The van der Waals surface area contributed by atoms with Gasteiger partial charge in [0.25, 0.3) is 0 Å². The quantitative estimate of drug-likeness (QED) is 0.280. The Morgan fingerprint density at radius 3 is 2.15 bits per heavy atom. The number of anilines is 2. The van der Waals surface area contributed by atoms with E-state index in [-0.39, 0.29) is 12.3 Å². The molecule has 3 aromatic rings. The van der Waals surface area contributed by atoms with Crippen molar-refractivity contribution in [3.05, 3.63) is 83.4 Å². The zero-order valence-corrected chi connectivity index (χ0v) is 23.2. The van der Waals surface area contributed by atoms with Gasteiger partial charge in [-0.05, 0) is 58.0 Å². The molecule has 0 atom stereocenters. The number of amides is 1. The van der Waals surface area contributed by atoms with Gasteiger partial charge >= 0.3 is 6.18 Å². The molecule has 1 aliphatic rings. The number of carbonyl (C=O) groups excluding carboxylic acids is 1. The van der Waals surface area contributed by atoms with Crippen LogP contribution < -0.4 is 10.2 Å². The molecule has 210 valence electrons. The Kier molecular flexibility index (Phi) is 9.02. The molecule has 1 N–H and O–H groups in total. The van der Waals surface area contributed by atoms with Crippen LogP contribution in [0.5, 0.6) is 0 Å². The van der Waals surface area contributed by atoms with E-state index in [9.17, 15) is 18.0 Å². The first-order chi connectivity index (χ1) is 19.0. The van der Waals surface area contributed by atoms with E-state index >= 15 is 0 Å². The fourth-order valence-electron chi connectivity index (χ4n) is 4.76. The van der Waals surface area contributed by atoms with Crippen LogP contribution in [-0.4, -0.2) is 31.3 Å². The standard InChI is InChI=1S/C31H34F3N5O/c1-20(2)18-39(19-21(3)4)29-14-11-23(25-7-5-6-8-26(25)28-17-35-38-37-28)16-27(29)36-30(40)15-22-9-12-24(13-10-22)31(32,33)34/h5-14,16,20-21H,15,17-19H2,1-4H3,(H,36,40). The van der Waals surface area contributed by atoms with E-state index in [0.29, 0.717) is 29.6 Å². The Bertz CT molecular complexity index is 1380. The molecule has 1 amide bonds. The van der Waals surface area contributed by atoms with Crippen molar-refractivity contribution in [1.29, 1.82) is 0 Å². The summed E-state index contributed by atoms with van der Waals surface area (Å²) in [5.41, 5.74) is 4.83. The van der Waals surface area contributed by atoms with Crippen molar-refractivity contribution >= 4 is 23.0 Å². The maximum atomic E-state index is 13.2. The van der Waals surface area contributed by atoms with E-state index in [0.717, 1.165) is 53.3 Å². The zero-order valence-electron chi connectivity index (χ0n) is 23.2. The highest BCUT2D eigenvalue weighted by molar-refractivity contribution is 6.08. The topological polar surface area (TPSA) is 69.4 Å². The Balaban J connectivity index is 1.69. The van der Waals surface area contributed by atoms with Crippen LogP contribution in [0.1, 0.15) is 44.4 Å². The van der Waals surface area contributed by atoms with Crippen molar-refractivity contribution in [3.63, 3.8) is 0 Å². The van der Waals surface area contributed by atoms with Crippen LogP contribution in [0.2, 0.25) is 0 Å². The summed E-state index contributed by atoms with van der Waals surface area (Å²) in [5.74, 6) is 0.476. The van der Waals surface area contributed by atoms with Gasteiger partial charge in [0.15, 0.2) is 0 Å². The molecule has 6 nitrogen and oxygen atoms in total. The minimum Gasteiger partial charge on any atom is -0.369 e. The second kappa shape index (κ2) is 12.4.